The molecule has 0 spiro atoms. The number of hydrogen-bond donors (Lipinski definition) is 1. The number of rotatable bonds is 9. The summed E-state index contributed by atoms with van der Waals surface area (Å²) in [6.45, 7) is 6.74. The monoisotopic (exact) mass is 384 g/mol. The van der Waals surface area contributed by atoms with Crippen LogP contribution in [-0.2, 0) is 21.9 Å². The Hall–Kier alpha value is -2.27. The second-order valence-electron chi connectivity index (χ2n) is 6.50. The van der Waals surface area contributed by atoms with Crippen molar-refractivity contribution in [2.75, 3.05) is 12.3 Å². The molecule has 5 heteroatoms. The van der Waals surface area contributed by atoms with Crippen LogP contribution in [0.3, 0.4) is 0 Å². The van der Waals surface area contributed by atoms with Crippen molar-refractivity contribution in [2.45, 2.75) is 39.1 Å². The van der Waals surface area contributed by atoms with E-state index in [2.05, 4.69) is 24.4 Å². The molecule has 1 atom stereocenters. The minimum atomic E-state index is -0.503. The fourth-order valence-corrected chi connectivity index (χ4v) is 3.77. The average Bonchev–Trinajstić information content (AvgIpc) is 2.68. The normalized spacial score (nSPS) is 11.7. The van der Waals surface area contributed by atoms with Gasteiger partial charge in [-0.3, -0.25) is 9.59 Å². The lowest BCUT2D eigenvalue weighted by Gasteiger charge is -2.28. The van der Waals surface area contributed by atoms with Crippen molar-refractivity contribution < 1.29 is 9.59 Å². The molecule has 2 rings (SSSR count). The van der Waals surface area contributed by atoms with Gasteiger partial charge in [0, 0.05) is 18.8 Å². The van der Waals surface area contributed by atoms with Crippen molar-refractivity contribution in [2.24, 2.45) is 0 Å². The van der Waals surface area contributed by atoms with Gasteiger partial charge in [-0.25, -0.2) is 0 Å². The molecular formula is C22H28N2O2S. The number of likely N-dealkylation sites (N-methyl/N-ethyl adjacent to an activating group) is 1. The maximum Gasteiger partial charge on any atom is 0.242 e. The highest BCUT2D eigenvalue weighted by atomic mass is 32.2. The molecule has 0 aliphatic heterocycles. The van der Waals surface area contributed by atoms with Gasteiger partial charge in [0.2, 0.25) is 11.8 Å². The third-order valence-electron chi connectivity index (χ3n) is 4.46. The van der Waals surface area contributed by atoms with Crippen LogP contribution in [0.25, 0.3) is 0 Å². The molecule has 4 nitrogen and oxygen atoms in total. The standard InChI is InChI=1S/C22H28N2O2S/c1-4-23-22(26)18(3)24(14-19-11-6-5-7-12-19)21(25)16-27-15-20-13-9-8-10-17(20)2/h5-13,18H,4,14-16H2,1-3H3,(H,23,26)/t18-/m1/s1. The highest BCUT2D eigenvalue weighted by Gasteiger charge is 2.25. The third-order valence-corrected chi connectivity index (χ3v) is 5.42. The molecule has 0 unspecified atom stereocenters. The summed E-state index contributed by atoms with van der Waals surface area (Å²) < 4.78 is 0. The van der Waals surface area contributed by atoms with Crippen molar-refractivity contribution in [3.8, 4) is 0 Å². The van der Waals surface area contributed by atoms with Gasteiger partial charge in [0.15, 0.2) is 0 Å². The first-order chi connectivity index (χ1) is 13.0. The lowest BCUT2D eigenvalue weighted by molar-refractivity contribution is -0.138. The van der Waals surface area contributed by atoms with Gasteiger partial charge in [0.25, 0.3) is 0 Å². The molecule has 144 valence electrons. The number of carbonyl (C=O) groups excluding carboxylic acids is 2. The van der Waals surface area contributed by atoms with E-state index >= 15 is 0 Å². The Morgan fingerprint density at radius 3 is 2.41 bits per heavy atom. The number of thioether (sulfide) groups is 1. The molecule has 2 aromatic rings. The summed E-state index contributed by atoms with van der Waals surface area (Å²) in [5.41, 5.74) is 3.49. The zero-order valence-corrected chi connectivity index (χ0v) is 17.1. The number of hydrogen-bond acceptors (Lipinski definition) is 3. The largest absolute Gasteiger partial charge is 0.355 e. The van der Waals surface area contributed by atoms with Gasteiger partial charge in [-0.05, 0) is 37.5 Å². The highest BCUT2D eigenvalue weighted by molar-refractivity contribution is 7.99. The van der Waals surface area contributed by atoms with E-state index in [0.29, 0.717) is 18.8 Å². The molecule has 0 fully saturated rings. The summed E-state index contributed by atoms with van der Waals surface area (Å²) in [4.78, 5) is 26.9. The average molecular weight is 385 g/mol. The minimum absolute atomic E-state index is 0.0174. The van der Waals surface area contributed by atoms with Gasteiger partial charge in [-0.2, -0.15) is 0 Å². The summed E-state index contributed by atoms with van der Waals surface area (Å²) in [5, 5.41) is 2.82. The van der Waals surface area contributed by atoms with Crippen LogP contribution in [0.4, 0.5) is 0 Å². The zero-order valence-electron chi connectivity index (χ0n) is 16.3. The first-order valence-corrected chi connectivity index (χ1v) is 10.4. The maximum absolute atomic E-state index is 12.9. The number of aryl methyl sites for hydroxylation is 1. The Balaban J connectivity index is 2.03. The SMILES string of the molecule is CCNC(=O)[C@@H](C)N(Cc1ccccc1)C(=O)CSCc1ccccc1C. The lowest BCUT2D eigenvalue weighted by atomic mass is 10.1. The molecule has 0 radical (unpaired) electrons. The Morgan fingerprint density at radius 1 is 1.07 bits per heavy atom. The summed E-state index contributed by atoms with van der Waals surface area (Å²) in [5.74, 6) is 1.000. The van der Waals surface area contributed by atoms with E-state index in [1.807, 2.05) is 49.4 Å². The first-order valence-electron chi connectivity index (χ1n) is 9.26. The minimum Gasteiger partial charge on any atom is -0.355 e. The van der Waals surface area contributed by atoms with Gasteiger partial charge >= 0.3 is 0 Å². The summed E-state index contributed by atoms with van der Waals surface area (Å²) in [7, 11) is 0. The van der Waals surface area contributed by atoms with Crippen molar-refractivity contribution in [3.63, 3.8) is 0 Å². The lowest BCUT2D eigenvalue weighted by Crippen LogP contribution is -2.48. The van der Waals surface area contributed by atoms with Gasteiger partial charge < -0.3 is 10.2 Å². The molecule has 0 aliphatic carbocycles. The second kappa shape index (κ2) is 10.8. The molecule has 2 aromatic carbocycles. The van der Waals surface area contributed by atoms with Crippen molar-refractivity contribution in [1.82, 2.24) is 10.2 Å². The first kappa shape index (κ1) is 21.0. The number of benzene rings is 2. The van der Waals surface area contributed by atoms with E-state index in [9.17, 15) is 9.59 Å². The van der Waals surface area contributed by atoms with E-state index in [-0.39, 0.29) is 11.8 Å². The topological polar surface area (TPSA) is 49.4 Å². The molecule has 1 N–H and O–H groups in total. The highest BCUT2D eigenvalue weighted by Crippen LogP contribution is 2.18. The van der Waals surface area contributed by atoms with E-state index < -0.39 is 6.04 Å². The third kappa shape index (κ3) is 6.43. The Labute approximate surface area is 166 Å². The van der Waals surface area contributed by atoms with Gasteiger partial charge in [0.05, 0.1) is 5.75 Å². The molecular weight excluding hydrogens is 356 g/mol. The summed E-state index contributed by atoms with van der Waals surface area (Å²) in [6, 6.07) is 17.5. The van der Waals surface area contributed by atoms with Crippen LogP contribution in [0.5, 0.6) is 0 Å². The van der Waals surface area contributed by atoms with E-state index in [4.69, 9.17) is 0 Å². The molecule has 0 saturated heterocycles. The van der Waals surface area contributed by atoms with E-state index in [0.717, 1.165) is 11.3 Å². The van der Waals surface area contributed by atoms with Crippen LogP contribution in [0.1, 0.15) is 30.5 Å². The summed E-state index contributed by atoms with van der Waals surface area (Å²) >= 11 is 1.59. The van der Waals surface area contributed by atoms with Crippen molar-refractivity contribution in [1.29, 1.82) is 0 Å². The van der Waals surface area contributed by atoms with E-state index in [1.54, 1.807) is 23.6 Å². The quantitative estimate of drug-likeness (QED) is 0.716. The fraction of sp³-hybridized carbons (Fsp3) is 0.364. The second-order valence-corrected chi connectivity index (χ2v) is 7.48. The van der Waals surface area contributed by atoms with Gasteiger partial charge in [0.1, 0.15) is 6.04 Å². The Kier molecular flexibility index (Phi) is 8.40. The van der Waals surface area contributed by atoms with Crippen LogP contribution in [0.2, 0.25) is 0 Å². The predicted octanol–water partition coefficient (Wildman–Crippen LogP) is 3.78. The predicted molar refractivity (Wildman–Crippen MR) is 112 cm³/mol. The molecule has 0 bridgehead atoms. The van der Waals surface area contributed by atoms with E-state index in [1.165, 1.54) is 11.1 Å². The molecule has 27 heavy (non-hydrogen) atoms. The van der Waals surface area contributed by atoms with Crippen LogP contribution in [0.15, 0.2) is 54.6 Å². The van der Waals surface area contributed by atoms with Gasteiger partial charge in [-0.1, -0.05) is 54.6 Å². The number of amides is 2. The van der Waals surface area contributed by atoms with Crippen molar-refractivity contribution >= 4 is 23.6 Å². The number of carbonyl (C=O) groups is 2. The molecule has 0 saturated carbocycles. The molecule has 0 aliphatic rings. The number of nitrogens with zero attached hydrogens (tertiary/aromatic N) is 1. The number of nitrogens with one attached hydrogen (secondary N) is 1. The Morgan fingerprint density at radius 2 is 1.74 bits per heavy atom. The molecule has 0 heterocycles. The van der Waals surface area contributed by atoms with Crippen molar-refractivity contribution in [3.05, 3.63) is 71.3 Å². The smallest absolute Gasteiger partial charge is 0.242 e. The molecule has 0 aromatic heterocycles. The maximum atomic E-state index is 12.9. The fourth-order valence-electron chi connectivity index (χ4n) is 2.79. The zero-order chi connectivity index (χ0) is 19.6. The summed E-state index contributed by atoms with van der Waals surface area (Å²) in [6.07, 6.45) is 0. The van der Waals surface area contributed by atoms with Crippen LogP contribution < -0.4 is 5.32 Å². The van der Waals surface area contributed by atoms with Crippen LogP contribution >= 0.6 is 11.8 Å². The van der Waals surface area contributed by atoms with Crippen LogP contribution in [0, 0.1) is 6.92 Å². The van der Waals surface area contributed by atoms with Gasteiger partial charge in [-0.15, -0.1) is 11.8 Å². The Bertz CT molecular complexity index is 749. The van der Waals surface area contributed by atoms with Crippen LogP contribution in [-0.4, -0.2) is 35.1 Å². The molecule has 2 amide bonds.